The monoisotopic (exact) mass is 400 g/mol. The van der Waals surface area contributed by atoms with E-state index in [0.717, 1.165) is 34.9 Å². The molecule has 0 bridgehead atoms. The Hall–Kier alpha value is -2.32. The van der Waals surface area contributed by atoms with Gasteiger partial charge in [0.1, 0.15) is 5.82 Å². The molecule has 0 aliphatic carbocycles. The molecule has 0 aromatic carbocycles. The summed E-state index contributed by atoms with van der Waals surface area (Å²) in [5.41, 5.74) is 2.41. The van der Waals surface area contributed by atoms with Crippen molar-refractivity contribution in [2.75, 3.05) is 13.1 Å². The lowest BCUT2D eigenvalue weighted by Crippen LogP contribution is -2.39. The average Bonchev–Trinajstić information content (AvgIpc) is 3.33. The van der Waals surface area contributed by atoms with Gasteiger partial charge in [-0.05, 0) is 31.2 Å². The molecule has 6 nitrogen and oxygen atoms in total. The number of carbonyl (C=O) groups excluding carboxylic acids is 1. The van der Waals surface area contributed by atoms with E-state index in [1.165, 1.54) is 0 Å². The first-order chi connectivity index (χ1) is 13.1. The maximum atomic E-state index is 12.5. The number of likely N-dealkylation sites (tertiary alicyclic amines) is 1. The molecule has 1 aliphatic rings. The van der Waals surface area contributed by atoms with Gasteiger partial charge in [-0.3, -0.25) is 9.59 Å². The van der Waals surface area contributed by atoms with Crippen LogP contribution in [-0.2, 0) is 11.2 Å². The van der Waals surface area contributed by atoms with Gasteiger partial charge >= 0.3 is 0 Å². The smallest absolute Gasteiger partial charge is 0.251 e. The second kappa shape index (κ2) is 7.74. The molecule has 0 radical (unpaired) electrons. The Morgan fingerprint density at radius 3 is 2.78 bits per heavy atom. The quantitative estimate of drug-likeness (QED) is 0.729. The summed E-state index contributed by atoms with van der Waals surface area (Å²) in [5.74, 6) is 1.01. The number of H-pyrrole nitrogens is 1. The van der Waals surface area contributed by atoms with E-state index < -0.39 is 0 Å². The van der Waals surface area contributed by atoms with Gasteiger partial charge in [-0.15, -0.1) is 11.3 Å². The lowest BCUT2D eigenvalue weighted by molar-refractivity contribution is -0.131. The van der Waals surface area contributed by atoms with Gasteiger partial charge in [0.05, 0.1) is 22.8 Å². The van der Waals surface area contributed by atoms with Gasteiger partial charge in [-0.1, -0.05) is 0 Å². The number of nitrogens with zero attached hydrogens (tertiary/aromatic N) is 3. The van der Waals surface area contributed by atoms with E-state index in [1.807, 2.05) is 34.0 Å². The van der Waals surface area contributed by atoms with E-state index in [4.69, 9.17) is 0 Å². The SMILES string of the molecule is Cc1nc(CC(=O)N2CCC(c3nc(-c4ccsc4)cc(=O)[nH]3)CC2)cs1. The topological polar surface area (TPSA) is 79.0 Å². The molecular formula is C19H20N4O2S2. The standard InChI is InChI=1S/C19H20N4O2S2/c1-12-20-15(11-27-12)8-18(25)23-5-2-13(3-6-23)19-21-16(9-17(24)22-19)14-4-7-26-10-14/h4,7,9-11,13H,2-3,5-6,8H2,1H3,(H,21,22,24). The van der Waals surface area contributed by atoms with Crippen molar-refractivity contribution in [3.63, 3.8) is 0 Å². The van der Waals surface area contributed by atoms with Crippen molar-refractivity contribution < 1.29 is 4.79 Å². The largest absolute Gasteiger partial charge is 0.342 e. The van der Waals surface area contributed by atoms with Crippen molar-refractivity contribution in [1.29, 1.82) is 0 Å². The van der Waals surface area contributed by atoms with Gasteiger partial charge in [0.2, 0.25) is 5.91 Å². The molecule has 140 valence electrons. The Morgan fingerprint density at radius 1 is 1.30 bits per heavy atom. The summed E-state index contributed by atoms with van der Waals surface area (Å²) < 4.78 is 0. The van der Waals surface area contributed by atoms with E-state index in [1.54, 1.807) is 28.7 Å². The number of thiazole rings is 1. The van der Waals surface area contributed by atoms with E-state index in [0.29, 0.717) is 25.2 Å². The Balaban J connectivity index is 1.42. The Labute approximate surface area is 164 Å². The summed E-state index contributed by atoms with van der Waals surface area (Å²) in [7, 11) is 0. The van der Waals surface area contributed by atoms with Crippen LogP contribution in [0.15, 0.2) is 33.1 Å². The third kappa shape index (κ3) is 4.17. The maximum absolute atomic E-state index is 12.5. The van der Waals surface area contributed by atoms with Crippen molar-refractivity contribution in [3.05, 3.63) is 55.2 Å². The molecule has 0 atom stereocenters. The summed E-state index contributed by atoms with van der Waals surface area (Å²) in [4.78, 5) is 38.4. The third-order valence-electron chi connectivity index (χ3n) is 4.81. The number of nitrogens with one attached hydrogen (secondary N) is 1. The fraction of sp³-hybridized carbons (Fsp3) is 0.368. The fourth-order valence-corrected chi connectivity index (χ4v) is 4.65. The van der Waals surface area contributed by atoms with Gasteiger partial charge in [0, 0.05) is 41.4 Å². The van der Waals surface area contributed by atoms with Crippen molar-refractivity contribution in [2.45, 2.75) is 32.1 Å². The van der Waals surface area contributed by atoms with Crippen molar-refractivity contribution >= 4 is 28.6 Å². The second-order valence-electron chi connectivity index (χ2n) is 6.72. The van der Waals surface area contributed by atoms with Crippen LogP contribution in [0.4, 0.5) is 0 Å². The van der Waals surface area contributed by atoms with Crippen LogP contribution < -0.4 is 5.56 Å². The number of amides is 1. The molecule has 4 rings (SSSR count). The number of hydrogen-bond acceptors (Lipinski definition) is 6. The minimum absolute atomic E-state index is 0.118. The zero-order chi connectivity index (χ0) is 18.8. The summed E-state index contributed by atoms with van der Waals surface area (Å²) in [6, 6.07) is 3.51. The summed E-state index contributed by atoms with van der Waals surface area (Å²) >= 11 is 3.16. The zero-order valence-electron chi connectivity index (χ0n) is 15.0. The molecule has 1 amide bonds. The molecule has 0 saturated carbocycles. The van der Waals surface area contributed by atoms with Crippen LogP contribution >= 0.6 is 22.7 Å². The first kappa shape index (κ1) is 18.1. The van der Waals surface area contributed by atoms with Crippen LogP contribution in [0.2, 0.25) is 0 Å². The predicted molar refractivity (Wildman–Crippen MR) is 107 cm³/mol. The van der Waals surface area contributed by atoms with Gasteiger partial charge in [0.25, 0.3) is 5.56 Å². The number of piperidine rings is 1. The van der Waals surface area contributed by atoms with E-state index in [9.17, 15) is 9.59 Å². The zero-order valence-corrected chi connectivity index (χ0v) is 16.6. The highest BCUT2D eigenvalue weighted by molar-refractivity contribution is 7.09. The van der Waals surface area contributed by atoms with Crippen LogP contribution in [0.3, 0.4) is 0 Å². The normalized spacial score (nSPS) is 15.2. The molecule has 27 heavy (non-hydrogen) atoms. The number of carbonyl (C=O) groups is 1. The Morgan fingerprint density at radius 2 is 2.11 bits per heavy atom. The van der Waals surface area contributed by atoms with Gasteiger partial charge < -0.3 is 9.88 Å². The molecule has 3 aromatic heterocycles. The lowest BCUT2D eigenvalue weighted by atomic mass is 9.95. The Kier molecular flexibility index (Phi) is 5.18. The number of rotatable bonds is 4. The first-order valence-corrected chi connectivity index (χ1v) is 10.7. The first-order valence-electron chi connectivity index (χ1n) is 8.91. The van der Waals surface area contributed by atoms with Gasteiger partial charge in [-0.2, -0.15) is 11.3 Å². The van der Waals surface area contributed by atoms with Crippen molar-refractivity contribution in [1.82, 2.24) is 19.9 Å². The minimum atomic E-state index is -0.126. The molecule has 8 heteroatoms. The highest BCUT2D eigenvalue weighted by Crippen LogP contribution is 2.27. The van der Waals surface area contributed by atoms with E-state index in [-0.39, 0.29) is 17.4 Å². The molecule has 1 N–H and O–H groups in total. The maximum Gasteiger partial charge on any atom is 0.251 e. The lowest BCUT2D eigenvalue weighted by Gasteiger charge is -2.31. The number of hydrogen-bond donors (Lipinski definition) is 1. The van der Waals surface area contributed by atoms with Crippen LogP contribution in [0.5, 0.6) is 0 Å². The summed E-state index contributed by atoms with van der Waals surface area (Å²) in [6.07, 6.45) is 1.97. The summed E-state index contributed by atoms with van der Waals surface area (Å²) in [6.45, 7) is 3.31. The number of aromatic nitrogens is 3. The molecule has 4 heterocycles. The van der Waals surface area contributed by atoms with Crippen LogP contribution in [0, 0.1) is 6.92 Å². The molecule has 3 aromatic rings. The molecule has 1 fully saturated rings. The highest BCUT2D eigenvalue weighted by atomic mass is 32.1. The molecular weight excluding hydrogens is 380 g/mol. The minimum Gasteiger partial charge on any atom is -0.342 e. The summed E-state index contributed by atoms with van der Waals surface area (Å²) in [5, 5.41) is 6.90. The number of aryl methyl sites for hydroxylation is 1. The van der Waals surface area contributed by atoms with Crippen LogP contribution in [-0.4, -0.2) is 38.8 Å². The average molecular weight is 401 g/mol. The van der Waals surface area contributed by atoms with Crippen molar-refractivity contribution in [2.24, 2.45) is 0 Å². The fourth-order valence-electron chi connectivity index (χ4n) is 3.39. The van der Waals surface area contributed by atoms with E-state index in [2.05, 4.69) is 15.0 Å². The number of aromatic amines is 1. The number of thiophene rings is 1. The van der Waals surface area contributed by atoms with Gasteiger partial charge in [0.15, 0.2) is 0 Å². The molecule has 1 aliphatic heterocycles. The third-order valence-corrected chi connectivity index (χ3v) is 6.32. The second-order valence-corrected chi connectivity index (χ2v) is 8.56. The van der Waals surface area contributed by atoms with Gasteiger partial charge in [-0.25, -0.2) is 9.97 Å². The predicted octanol–water partition coefficient (Wildman–Crippen LogP) is 3.21. The molecule has 0 spiro atoms. The Bertz CT molecular complexity index is 985. The molecule has 1 saturated heterocycles. The van der Waals surface area contributed by atoms with Crippen LogP contribution in [0.25, 0.3) is 11.3 Å². The van der Waals surface area contributed by atoms with E-state index >= 15 is 0 Å². The molecule has 0 unspecified atom stereocenters. The highest BCUT2D eigenvalue weighted by Gasteiger charge is 2.26. The van der Waals surface area contributed by atoms with Crippen molar-refractivity contribution in [3.8, 4) is 11.3 Å². The van der Waals surface area contributed by atoms with Crippen LogP contribution in [0.1, 0.15) is 35.3 Å².